The number of ether oxygens (including phenoxy) is 1. The number of hydrogen-bond acceptors (Lipinski definition) is 4. The Balaban J connectivity index is 1.50. The minimum atomic E-state index is -0.306. The molecule has 0 aliphatic carbocycles. The lowest BCUT2D eigenvalue weighted by Crippen LogP contribution is -2.12. The number of nitrogens with one attached hydrogen (secondary N) is 1. The van der Waals surface area contributed by atoms with Crippen molar-refractivity contribution in [1.82, 2.24) is 0 Å². The van der Waals surface area contributed by atoms with Gasteiger partial charge in [0.1, 0.15) is 11.5 Å². The number of benzene rings is 3. The molecule has 132 valence electrons. The third-order valence-corrected chi connectivity index (χ3v) is 4.91. The average molecular weight is 373 g/mol. The maximum atomic E-state index is 12.5. The van der Waals surface area contributed by atoms with Crippen LogP contribution in [0, 0.1) is 0 Å². The Morgan fingerprint density at radius 3 is 2.26 bits per heavy atom. The van der Waals surface area contributed by atoms with Crippen molar-refractivity contribution in [2.24, 2.45) is 0 Å². The van der Waals surface area contributed by atoms with Crippen molar-refractivity contribution in [3.63, 3.8) is 0 Å². The second kappa shape index (κ2) is 7.43. The number of carbonyl (C=O) groups is 1. The Morgan fingerprint density at radius 1 is 0.815 bits per heavy atom. The van der Waals surface area contributed by atoms with Crippen LogP contribution < -0.4 is 14.8 Å². The van der Waals surface area contributed by atoms with Crippen molar-refractivity contribution in [2.45, 2.75) is 0 Å². The van der Waals surface area contributed by atoms with Crippen LogP contribution in [0.2, 0.25) is 0 Å². The zero-order valence-corrected chi connectivity index (χ0v) is 15.0. The molecule has 27 heavy (non-hydrogen) atoms. The van der Waals surface area contributed by atoms with Gasteiger partial charge in [0.25, 0.3) is 5.91 Å². The molecule has 0 spiro atoms. The zero-order valence-electron chi connectivity index (χ0n) is 14.2. The Labute approximate surface area is 159 Å². The van der Waals surface area contributed by atoms with E-state index in [9.17, 15) is 9.59 Å². The largest absolute Gasteiger partial charge is 0.457 e. The minimum Gasteiger partial charge on any atom is -0.457 e. The van der Waals surface area contributed by atoms with Gasteiger partial charge in [-0.3, -0.25) is 9.59 Å². The Hall–Kier alpha value is -3.44. The molecule has 0 saturated carbocycles. The summed E-state index contributed by atoms with van der Waals surface area (Å²) in [5.41, 5.74) is 0.633. The first-order valence-corrected chi connectivity index (χ1v) is 9.18. The van der Waals surface area contributed by atoms with E-state index in [1.54, 1.807) is 36.4 Å². The summed E-state index contributed by atoms with van der Waals surface area (Å²) in [5, 5.41) is 4.21. The predicted molar refractivity (Wildman–Crippen MR) is 109 cm³/mol. The smallest absolute Gasteiger partial charge is 0.265 e. The van der Waals surface area contributed by atoms with E-state index in [0.717, 1.165) is 22.5 Å². The number of para-hydroxylation sites is 1. The molecule has 4 rings (SSSR count). The molecule has 1 N–H and O–H groups in total. The van der Waals surface area contributed by atoms with E-state index in [2.05, 4.69) is 5.32 Å². The van der Waals surface area contributed by atoms with Gasteiger partial charge in [0.05, 0.1) is 4.88 Å². The maximum Gasteiger partial charge on any atom is 0.265 e. The van der Waals surface area contributed by atoms with E-state index in [1.807, 2.05) is 48.5 Å². The molecule has 5 heteroatoms. The normalized spacial score (nSPS) is 10.5. The average Bonchev–Trinajstić information content (AvgIpc) is 2.70. The topological polar surface area (TPSA) is 55.4 Å². The highest BCUT2D eigenvalue weighted by molar-refractivity contribution is 7.12. The molecule has 0 aliphatic rings. The van der Waals surface area contributed by atoms with E-state index in [4.69, 9.17) is 4.74 Å². The van der Waals surface area contributed by atoms with Crippen LogP contribution in [-0.2, 0) is 0 Å². The first kappa shape index (κ1) is 17.0. The molecule has 1 aromatic heterocycles. The van der Waals surface area contributed by atoms with E-state index in [1.165, 1.54) is 0 Å². The standard InChI is InChI=1S/C22H15NO3S/c24-21(20-14-15-6-4-5-9-19(15)22(25)27-20)23-16-10-12-18(13-11-16)26-17-7-2-1-3-8-17/h1-14H,(H,23,24). The molecule has 0 unspecified atom stereocenters. The molecule has 1 heterocycles. The number of rotatable bonds is 4. The fraction of sp³-hybridized carbons (Fsp3) is 0. The quantitative estimate of drug-likeness (QED) is 0.528. The zero-order chi connectivity index (χ0) is 18.6. The summed E-state index contributed by atoms with van der Waals surface area (Å²) < 4.78 is 5.61. The van der Waals surface area contributed by atoms with Crippen molar-refractivity contribution in [2.75, 3.05) is 5.32 Å². The van der Waals surface area contributed by atoms with Gasteiger partial charge in [-0.05, 0) is 53.9 Å². The van der Waals surface area contributed by atoms with Crippen molar-refractivity contribution in [3.05, 3.63) is 99.3 Å². The van der Waals surface area contributed by atoms with Gasteiger partial charge in [-0.1, -0.05) is 47.7 Å². The predicted octanol–water partition coefficient (Wildman–Crippen LogP) is 5.31. The van der Waals surface area contributed by atoms with E-state index in [-0.39, 0.29) is 10.6 Å². The molecule has 0 saturated heterocycles. The lowest BCUT2D eigenvalue weighted by molar-refractivity contribution is 0.103. The lowest BCUT2D eigenvalue weighted by Gasteiger charge is -2.08. The number of amides is 1. The van der Waals surface area contributed by atoms with Crippen molar-refractivity contribution in [1.29, 1.82) is 0 Å². The number of anilines is 1. The van der Waals surface area contributed by atoms with Gasteiger partial charge in [0.15, 0.2) is 0 Å². The Bertz CT molecular complexity index is 1150. The monoisotopic (exact) mass is 373 g/mol. The fourth-order valence-corrected chi connectivity index (χ4v) is 3.50. The van der Waals surface area contributed by atoms with Crippen molar-refractivity contribution in [3.8, 4) is 11.5 Å². The molecule has 4 aromatic rings. The fourth-order valence-electron chi connectivity index (χ4n) is 2.67. The second-order valence-electron chi connectivity index (χ2n) is 5.88. The highest BCUT2D eigenvalue weighted by Crippen LogP contribution is 2.23. The first-order valence-electron chi connectivity index (χ1n) is 8.36. The van der Waals surface area contributed by atoms with Crippen LogP contribution in [0.25, 0.3) is 10.8 Å². The molecule has 0 bridgehead atoms. The van der Waals surface area contributed by atoms with Gasteiger partial charge in [-0.2, -0.15) is 0 Å². The first-order chi connectivity index (χ1) is 13.2. The van der Waals surface area contributed by atoms with E-state index < -0.39 is 0 Å². The third kappa shape index (κ3) is 3.88. The van der Waals surface area contributed by atoms with Crippen LogP contribution in [0.5, 0.6) is 11.5 Å². The lowest BCUT2D eigenvalue weighted by atomic mass is 10.2. The number of fused-ring (bicyclic) bond motifs is 1. The van der Waals surface area contributed by atoms with E-state index in [0.29, 0.717) is 21.7 Å². The summed E-state index contributed by atoms with van der Waals surface area (Å²) in [5.74, 6) is 1.12. The SMILES string of the molecule is O=C(Nc1ccc(Oc2ccccc2)cc1)c1cc2ccccc2c(=O)s1. The molecule has 3 aromatic carbocycles. The molecule has 0 fully saturated rings. The maximum absolute atomic E-state index is 12.5. The van der Waals surface area contributed by atoms with Crippen LogP contribution in [0.1, 0.15) is 9.67 Å². The highest BCUT2D eigenvalue weighted by Gasteiger charge is 2.11. The van der Waals surface area contributed by atoms with Crippen LogP contribution in [0.3, 0.4) is 0 Å². The molecular weight excluding hydrogens is 358 g/mol. The third-order valence-electron chi connectivity index (χ3n) is 3.98. The molecule has 0 atom stereocenters. The van der Waals surface area contributed by atoms with Crippen LogP contribution >= 0.6 is 11.3 Å². The van der Waals surface area contributed by atoms with Gasteiger partial charge in [0, 0.05) is 11.1 Å². The van der Waals surface area contributed by atoms with Gasteiger partial charge in [-0.15, -0.1) is 0 Å². The second-order valence-corrected chi connectivity index (χ2v) is 6.89. The van der Waals surface area contributed by atoms with Gasteiger partial charge < -0.3 is 10.1 Å². The van der Waals surface area contributed by atoms with Gasteiger partial charge in [0.2, 0.25) is 4.74 Å². The summed E-state index contributed by atoms with van der Waals surface area (Å²) in [6.45, 7) is 0. The molecule has 1 amide bonds. The summed E-state index contributed by atoms with van der Waals surface area (Å²) in [4.78, 5) is 25.1. The summed E-state index contributed by atoms with van der Waals surface area (Å²) in [6, 6.07) is 25.6. The molecule has 0 radical (unpaired) electrons. The van der Waals surface area contributed by atoms with Crippen LogP contribution in [-0.4, -0.2) is 5.91 Å². The molecular formula is C22H15NO3S. The minimum absolute atomic E-state index is 0.121. The van der Waals surface area contributed by atoms with Crippen LogP contribution in [0.4, 0.5) is 5.69 Å². The molecule has 0 aliphatic heterocycles. The summed E-state index contributed by atoms with van der Waals surface area (Å²) in [7, 11) is 0. The van der Waals surface area contributed by atoms with Crippen molar-refractivity contribution < 1.29 is 9.53 Å². The molecule has 4 nitrogen and oxygen atoms in total. The van der Waals surface area contributed by atoms with Gasteiger partial charge in [-0.25, -0.2) is 0 Å². The number of carbonyl (C=O) groups excluding carboxylic acids is 1. The Kier molecular flexibility index (Phi) is 4.68. The number of hydrogen-bond donors (Lipinski definition) is 1. The Morgan fingerprint density at radius 2 is 1.48 bits per heavy atom. The summed E-state index contributed by atoms with van der Waals surface area (Å²) >= 11 is 0.947. The van der Waals surface area contributed by atoms with Gasteiger partial charge >= 0.3 is 0 Å². The van der Waals surface area contributed by atoms with E-state index >= 15 is 0 Å². The highest BCUT2D eigenvalue weighted by atomic mass is 32.1. The van der Waals surface area contributed by atoms with Crippen LogP contribution in [0.15, 0.2) is 89.7 Å². The summed E-state index contributed by atoms with van der Waals surface area (Å²) in [6.07, 6.45) is 0. The van der Waals surface area contributed by atoms with Crippen molar-refractivity contribution >= 4 is 33.7 Å².